The number of halogens is 1. The summed E-state index contributed by atoms with van der Waals surface area (Å²) in [7, 11) is 0. The van der Waals surface area contributed by atoms with Gasteiger partial charge in [0.1, 0.15) is 5.82 Å². The summed E-state index contributed by atoms with van der Waals surface area (Å²) in [6.07, 6.45) is 3.17. The molecule has 2 unspecified atom stereocenters. The molecule has 2 rings (SSSR count). The first-order chi connectivity index (χ1) is 7.66. The van der Waals surface area contributed by atoms with Crippen molar-refractivity contribution in [3.05, 3.63) is 16.7 Å². The average molecular weight is 286 g/mol. The second-order valence-corrected chi connectivity index (χ2v) is 5.01. The van der Waals surface area contributed by atoms with E-state index in [9.17, 15) is 0 Å². The van der Waals surface area contributed by atoms with Gasteiger partial charge < -0.3 is 15.8 Å². The van der Waals surface area contributed by atoms with Crippen LogP contribution in [-0.4, -0.2) is 24.2 Å². The molecular weight excluding hydrogens is 270 g/mol. The first-order valence-corrected chi connectivity index (χ1v) is 6.22. The molecule has 4 nitrogen and oxygen atoms in total. The average Bonchev–Trinajstić information content (AvgIpc) is 2.63. The zero-order valence-electron chi connectivity index (χ0n) is 9.24. The van der Waals surface area contributed by atoms with Crippen molar-refractivity contribution in [1.29, 1.82) is 0 Å². The molecule has 0 amide bonds. The van der Waals surface area contributed by atoms with E-state index in [1.165, 1.54) is 0 Å². The molecule has 3 N–H and O–H groups in total. The first kappa shape index (κ1) is 11.7. The molecule has 1 aromatic heterocycles. The molecule has 5 heteroatoms. The quantitative estimate of drug-likeness (QED) is 0.894. The van der Waals surface area contributed by atoms with E-state index in [1.807, 2.05) is 6.07 Å². The van der Waals surface area contributed by atoms with E-state index in [1.54, 1.807) is 6.20 Å². The van der Waals surface area contributed by atoms with Gasteiger partial charge in [0.2, 0.25) is 0 Å². The van der Waals surface area contributed by atoms with Crippen LogP contribution < -0.4 is 11.1 Å². The van der Waals surface area contributed by atoms with Gasteiger partial charge in [0.05, 0.1) is 11.8 Å². The Hall–Kier alpha value is -0.810. The maximum Gasteiger partial charge on any atom is 0.149 e. The van der Waals surface area contributed by atoms with Crippen molar-refractivity contribution in [2.24, 2.45) is 5.92 Å². The molecule has 1 aromatic rings. The Labute approximate surface area is 104 Å². The highest BCUT2D eigenvalue weighted by Crippen LogP contribution is 2.23. The minimum Gasteiger partial charge on any atom is -0.396 e. The number of ether oxygens (including phenoxy) is 1. The predicted molar refractivity (Wildman–Crippen MR) is 68.4 cm³/mol. The monoisotopic (exact) mass is 285 g/mol. The fraction of sp³-hybridized carbons (Fsp3) is 0.545. The van der Waals surface area contributed by atoms with E-state index in [0.717, 1.165) is 29.9 Å². The van der Waals surface area contributed by atoms with Gasteiger partial charge in [-0.05, 0) is 35.3 Å². The van der Waals surface area contributed by atoms with E-state index in [2.05, 4.69) is 33.2 Å². The summed E-state index contributed by atoms with van der Waals surface area (Å²) in [5.41, 5.74) is 6.52. The Kier molecular flexibility index (Phi) is 3.66. The van der Waals surface area contributed by atoms with E-state index in [4.69, 9.17) is 10.5 Å². The molecule has 88 valence electrons. The summed E-state index contributed by atoms with van der Waals surface area (Å²) in [6.45, 7) is 3.83. The Morgan fingerprint density at radius 2 is 2.50 bits per heavy atom. The molecule has 1 aliphatic rings. The van der Waals surface area contributed by atoms with Gasteiger partial charge >= 0.3 is 0 Å². The van der Waals surface area contributed by atoms with Gasteiger partial charge in [-0.1, -0.05) is 0 Å². The maximum absolute atomic E-state index is 5.85. The Bertz CT molecular complexity index is 372. The molecule has 0 radical (unpaired) electrons. The van der Waals surface area contributed by atoms with Crippen LogP contribution in [0.3, 0.4) is 0 Å². The van der Waals surface area contributed by atoms with Crippen LogP contribution in [0.4, 0.5) is 11.5 Å². The standard InChI is InChI=1S/C11H16BrN3O/c1-7-8(2-3-16-7)5-14-11-10(13)4-9(12)6-15-11/h4,6-8H,2-3,5,13H2,1H3,(H,14,15). The number of rotatable bonds is 3. The zero-order valence-corrected chi connectivity index (χ0v) is 10.8. The molecule has 0 bridgehead atoms. The number of pyridine rings is 1. The van der Waals surface area contributed by atoms with Crippen molar-refractivity contribution < 1.29 is 4.74 Å². The van der Waals surface area contributed by atoms with Crippen LogP contribution in [0.15, 0.2) is 16.7 Å². The largest absolute Gasteiger partial charge is 0.396 e. The molecule has 0 saturated carbocycles. The molecule has 1 saturated heterocycles. The van der Waals surface area contributed by atoms with E-state index < -0.39 is 0 Å². The van der Waals surface area contributed by atoms with Crippen LogP contribution in [0, 0.1) is 5.92 Å². The molecule has 16 heavy (non-hydrogen) atoms. The van der Waals surface area contributed by atoms with Crippen LogP contribution in [-0.2, 0) is 4.74 Å². The number of nitrogens with two attached hydrogens (primary N) is 1. The molecular formula is C11H16BrN3O. The molecule has 2 heterocycles. The lowest BCUT2D eigenvalue weighted by Crippen LogP contribution is -2.21. The third kappa shape index (κ3) is 2.65. The van der Waals surface area contributed by atoms with Crippen molar-refractivity contribution >= 4 is 27.4 Å². The highest BCUT2D eigenvalue weighted by Gasteiger charge is 2.23. The van der Waals surface area contributed by atoms with Crippen molar-refractivity contribution in [1.82, 2.24) is 4.98 Å². The van der Waals surface area contributed by atoms with Gasteiger partial charge in [-0.3, -0.25) is 0 Å². The number of hydrogen-bond donors (Lipinski definition) is 2. The van der Waals surface area contributed by atoms with Crippen LogP contribution in [0.1, 0.15) is 13.3 Å². The Morgan fingerprint density at radius 1 is 1.69 bits per heavy atom. The highest BCUT2D eigenvalue weighted by molar-refractivity contribution is 9.10. The smallest absolute Gasteiger partial charge is 0.149 e. The van der Waals surface area contributed by atoms with Crippen molar-refractivity contribution in [3.8, 4) is 0 Å². The first-order valence-electron chi connectivity index (χ1n) is 5.43. The fourth-order valence-electron chi connectivity index (χ4n) is 1.87. The van der Waals surface area contributed by atoms with E-state index >= 15 is 0 Å². The second kappa shape index (κ2) is 5.01. The summed E-state index contributed by atoms with van der Waals surface area (Å²) < 4.78 is 6.40. The number of nitrogens with zero attached hydrogens (tertiary/aromatic N) is 1. The van der Waals surface area contributed by atoms with Crippen molar-refractivity contribution in [2.45, 2.75) is 19.4 Å². The van der Waals surface area contributed by atoms with E-state index in [-0.39, 0.29) is 0 Å². The van der Waals surface area contributed by atoms with Crippen LogP contribution in [0.25, 0.3) is 0 Å². The Morgan fingerprint density at radius 3 is 3.12 bits per heavy atom. The normalized spacial score (nSPS) is 24.6. The SMILES string of the molecule is CC1OCCC1CNc1ncc(Br)cc1N. The molecule has 0 aromatic carbocycles. The summed E-state index contributed by atoms with van der Waals surface area (Å²) >= 11 is 3.33. The van der Waals surface area contributed by atoms with Crippen LogP contribution in [0.5, 0.6) is 0 Å². The van der Waals surface area contributed by atoms with Gasteiger partial charge in [0, 0.05) is 29.7 Å². The number of hydrogen-bond acceptors (Lipinski definition) is 4. The number of anilines is 2. The Balaban J connectivity index is 1.94. The number of aromatic nitrogens is 1. The second-order valence-electron chi connectivity index (χ2n) is 4.10. The number of nitrogens with one attached hydrogen (secondary N) is 1. The molecule has 0 spiro atoms. The van der Waals surface area contributed by atoms with E-state index in [0.29, 0.717) is 17.7 Å². The summed E-state index contributed by atoms with van der Waals surface area (Å²) in [4.78, 5) is 4.24. The van der Waals surface area contributed by atoms with Gasteiger partial charge in [-0.2, -0.15) is 0 Å². The van der Waals surface area contributed by atoms with Gasteiger partial charge in [-0.15, -0.1) is 0 Å². The summed E-state index contributed by atoms with van der Waals surface area (Å²) in [6, 6.07) is 1.85. The predicted octanol–water partition coefficient (Wildman–Crippen LogP) is 2.26. The minimum atomic E-state index is 0.323. The zero-order chi connectivity index (χ0) is 11.5. The molecule has 0 aliphatic carbocycles. The van der Waals surface area contributed by atoms with Gasteiger partial charge in [0.25, 0.3) is 0 Å². The van der Waals surface area contributed by atoms with Crippen LogP contribution in [0.2, 0.25) is 0 Å². The number of nitrogen functional groups attached to an aromatic ring is 1. The molecule has 1 aliphatic heterocycles. The lowest BCUT2D eigenvalue weighted by Gasteiger charge is -2.15. The summed E-state index contributed by atoms with van der Waals surface area (Å²) in [5.74, 6) is 1.30. The highest BCUT2D eigenvalue weighted by atomic mass is 79.9. The van der Waals surface area contributed by atoms with Crippen LogP contribution >= 0.6 is 15.9 Å². The minimum absolute atomic E-state index is 0.323. The fourth-order valence-corrected chi connectivity index (χ4v) is 2.22. The third-order valence-electron chi connectivity index (χ3n) is 2.95. The summed E-state index contributed by atoms with van der Waals surface area (Å²) in [5, 5.41) is 3.28. The lowest BCUT2D eigenvalue weighted by molar-refractivity contribution is 0.108. The van der Waals surface area contributed by atoms with Gasteiger partial charge in [-0.25, -0.2) is 4.98 Å². The lowest BCUT2D eigenvalue weighted by atomic mass is 10.0. The molecule has 2 atom stereocenters. The van der Waals surface area contributed by atoms with Gasteiger partial charge in [0.15, 0.2) is 0 Å². The van der Waals surface area contributed by atoms with Crippen molar-refractivity contribution in [2.75, 3.05) is 24.2 Å². The maximum atomic E-state index is 5.85. The molecule has 1 fully saturated rings. The third-order valence-corrected chi connectivity index (χ3v) is 3.38. The van der Waals surface area contributed by atoms with Crippen molar-refractivity contribution in [3.63, 3.8) is 0 Å². The topological polar surface area (TPSA) is 60.2 Å².